The molecule has 0 spiro atoms. The first-order valence-electron chi connectivity index (χ1n) is 6.73. The molecule has 2 nitrogen and oxygen atoms in total. The van der Waals surface area contributed by atoms with Crippen LogP contribution in [0.4, 0.5) is 0 Å². The van der Waals surface area contributed by atoms with Crippen LogP contribution in [0.15, 0.2) is 48.5 Å². The Kier molecular flexibility index (Phi) is 3.49. The monoisotopic (exact) mass is 285 g/mol. The Labute approximate surface area is 124 Å². The molecule has 20 heavy (non-hydrogen) atoms. The summed E-state index contributed by atoms with van der Waals surface area (Å²) in [5.41, 5.74) is 3.44. The van der Waals surface area contributed by atoms with Crippen molar-refractivity contribution in [1.82, 2.24) is 4.90 Å². The van der Waals surface area contributed by atoms with Crippen molar-refractivity contribution in [2.75, 3.05) is 7.05 Å². The minimum Gasteiger partial charge on any atom is -0.341 e. The van der Waals surface area contributed by atoms with Gasteiger partial charge in [-0.05, 0) is 22.8 Å². The summed E-state index contributed by atoms with van der Waals surface area (Å²) in [7, 11) is 1.86. The van der Waals surface area contributed by atoms with Gasteiger partial charge in [0.2, 0.25) is 5.91 Å². The summed E-state index contributed by atoms with van der Waals surface area (Å²) in [5.74, 6) is 0.198. The smallest absolute Gasteiger partial charge is 0.223 e. The highest BCUT2D eigenvalue weighted by atomic mass is 35.5. The van der Waals surface area contributed by atoms with Crippen LogP contribution in [0.25, 0.3) is 0 Å². The Bertz CT molecular complexity index is 653. The molecule has 2 aromatic rings. The number of carbonyl (C=O) groups is 1. The minimum absolute atomic E-state index is 0.0392. The molecule has 1 aliphatic heterocycles. The Hall–Kier alpha value is -1.80. The van der Waals surface area contributed by atoms with E-state index in [0.29, 0.717) is 13.0 Å². The van der Waals surface area contributed by atoms with E-state index in [9.17, 15) is 4.79 Å². The first-order chi connectivity index (χ1) is 9.66. The maximum absolute atomic E-state index is 12.3. The highest BCUT2D eigenvalue weighted by Crippen LogP contribution is 2.37. The lowest BCUT2D eigenvalue weighted by molar-refractivity contribution is -0.130. The largest absolute Gasteiger partial charge is 0.341 e. The zero-order valence-corrected chi connectivity index (χ0v) is 12.1. The second kappa shape index (κ2) is 5.29. The van der Waals surface area contributed by atoms with Crippen molar-refractivity contribution in [3.63, 3.8) is 0 Å². The molecule has 0 radical (unpaired) electrons. The number of hydrogen-bond acceptors (Lipinski definition) is 1. The highest BCUT2D eigenvalue weighted by Gasteiger charge is 2.27. The average Bonchev–Trinajstić information content (AvgIpc) is 2.57. The van der Waals surface area contributed by atoms with Crippen molar-refractivity contribution < 1.29 is 4.79 Å². The van der Waals surface area contributed by atoms with E-state index in [0.717, 1.165) is 10.6 Å². The molecular formula is C17H16ClNO. The Morgan fingerprint density at radius 2 is 1.70 bits per heavy atom. The average molecular weight is 286 g/mol. The van der Waals surface area contributed by atoms with Gasteiger partial charge in [0.15, 0.2) is 0 Å². The number of benzene rings is 2. The van der Waals surface area contributed by atoms with E-state index in [2.05, 4.69) is 12.1 Å². The fourth-order valence-corrected chi connectivity index (χ4v) is 3.10. The predicted octanol–water partition coefficient (Wildman–Crippen LogP) is 3.83. The van der Waals surface area contributed by atoms with E-state index in [1.54, 1.807) is 4.90 Å². The fourth-order valence-electron chi connectivity index (χ4n) is 2.84. The van der Waals surface area contributed by atoms with E-state index in [1.807, 2.05) is 43.4 Å². The molecule has 0 saturated heterocycles. The molecule has 0 bridgehead atoms. The zero-order chi connectivity index (χ0) is 14.1. The van der Waals surface area contributed by atoms with Gasteiger partial charge >= 0.3 is 0 Å². The molecule has 3 rings (SSSR count). The van der Waals surface area contributed by atoms with Gasteiger partial charge in [-0.15, -0.1) is 0 Å². The molecule has 0 aromatic heterocycles. The van der Waals surface area contributed by atoms with Crippen molar-refractivity contribution in [3.8, 4) is 0 Å². The molecule has 1 amide bonds. The van der Waals surface area contributed by atoms with Gasteiger partial charge < -0.3 is 4.90 Å². The van der Waals surface area contributed by atoms with Crippen molar-refractivity contribution >= 4 is 17.5 Å². The Morgan fingerprint density at radius 1 is 1.05 bits per heavy atom. The third-order valence-electron chi connectivity index (χ3n) is 3.92. The quantitative estimate of drug-likeness (QED) is 0.780. The number of nitrogens with zero attached hydrogens (tertiary/aromatic N) is 1. The van der Waals surface area contributed by atoms with Crippen LogP contribution < -0.4 is 0 Å². The summed E-state index contributed by atoms with van der Waals surface area (Å²) >= 11 is 6.34. The van der Waals surface area contributed by atoms with Crippen molar-refractivity contribution in [3.05, 3.63) is 70.2 Å². The molecule has 1 atom stereocenters. The third-order valence-corrected chi connectivity index (χ3v) is 4.27. The lowest BCUT2D eigenvalue weighted by Crippen LogP contribution is -2.24. The molecule has 1 heterocycles. The van der Waals surface area contributed by atoms with Crippen LogP contribution >= 0.6 is 11.6 Å². The molecule has 1 unspecified atom stereocenters. The van der Waals surface area contributed by atoms with Crippen LogP contribution in [-0.2, 0) is 11.3 Å². The second-order valence-electron chi connectivity index (χ2n) is 5.23. The number of amides is 1. The molecule has 0 N–H and O–H groups in total. The SMILES string of the molecule is CN1Cc2ccccc2C(c2ccccc2Cl)CC1=O. The van der Waals surface area contributed by atoms with Crippen LogP contribution in [0, 0.1) is 0 Å². The Morgan fingerprint density at radius 3 is 2.45 bits per heavy atom. The first-order valence-corrected chi connectivity index (χ1v) is 7.11. The first kappa shape index (κ1) is 13.2. The molecule has 3 heteroatoms. The van der Waals surface area contributed by atoms with Crippen molar-refractivity contribution in [1.29, 1.82) is 0 Å². The lowest BCUT2D eigenvalue weighted by Gasteiger charge is -2.18. The number of halogens is 1. The maximum atomic E-state index is 12.3. The van der Waals surface area contributed by atoms with E-state index < -0.39 is 0 Å². The Balaban J connectivity index is 2.14. The van der Waals surface area contributed by atoms with Crippen molar-refractivity contribution in [2.45, 2.75) is 18.9 Å². The van der Waals surface area contributed by atoms with Gasteiger partial charge in [-0.25, -0.2) is 0 Å². The van der Waals surface area contributed by atoms with Gasteiger partial charge in [-0.3, -0.25) is 4.79 Å². The topological polar surface area (TPSA) is 20.3 Å². The molecule has 1 aliphatic rings. The van der Waals surface area contributed by atoms with Crippen LogP contribution in [0.1, 0.15) is 29.0 Å². The number of hydrogen-bond donors (Lipinski definition) is 0. The van der Waals surface area contributed by atoms with Crippen LogP contribution in [-0.4, -0.2) is 17.9 Å². The van der Waals surface area contributed by atoms with Gasteiger partial charge in [0.05, 0.1) is 0 Å². The molecule has 2 aromatic carbocycles. The molecular weight excluding hydrogens is 270 g/mol. The third kappa shape index (κ3) is 2.32. The summed E-state index contributed by atoms with van der Waals surface area (Å²) in [5, 5.41) is 0.727. The second-order valence-corrected chi connectivity index (χ2v) is 5.63. The molecule has 102 valence electrons. The summed E-state index contributed by atoms with van der Waals surface area (Å²) < 4.78 is 0. The summed E-state index contributed by atoms with van der Waals surface area (Å²) in [6.45, 7) is 0.663. The van der Waals surface area contributed by atoms with Gasteiger partial charge in [0.1, 0.15) is 0 Å². The summed E-state index contributed by atoms with van der Waals surface area (Å²) in [6, 6.07) is 16.0. The molecule has 0 saturated carbocycles. The maximum Gasteiger partial charge on any atom is 0.223 e. The van der Waals surface area contributed by atoms with Crippen molar-refractivity contribution in [2.24, 2.45) is 0 Å². The zero-order valence-electron chi connectivity index (χ0n) is 11.3. The van der Waals surface area contributed by atoms with Crippen LogP contribution in [0.3, 0.4) is 0 Å². The van der Waals surface area contributed by atoms with Crippen LogP contribution in [0.5, 0.6) is 0 Å². The molecule has 0 fully saturated rings. The fraction of sp³-hybridized carbons (Fsp3) is 0.235. The highest BCUT2D eigenvalue weighted by molar-refractivity contribution is 6.31. The standard InChI is InChI=1S/C17H16ClNO/c1-19-11-12-6-2-3-7-13(12)15(10-17(19)20)14-8-4-5-9-16(14)18/h2-9,15H,10-11H2,1H3. The lowest BCUT2D eigenvalue weighted by atomic mass is 9.86. The number of rotatable bonds is 1. The van der Waals surface area contributed by atoms with Gasteiger partial charge in [-0.1, -0.05) is 54.1 Å². The van der Waals surface area contributed by atoms with E-state index in [1.165, 1.54) is 11.1 Å². The predicted molar refractivity (Wildman–Crippen MR) is 80.8 cm³/mol. The number of fused-ring (bicyclic) bond motifs is 1. The molecule has 0 aliphatic carbocycles. The van der Waals surface area contributed by atoms with E-state index in [-0.39, 0.29) is 11.8 Å². The van der Waals surface area contributed by atoms with Gasteiger partial charge in [0, 0.05) is 31.0 Å². The van der Waals surface area contributed by atoms with E-state index in [4.69, 9.17) is 11.6 Å². The minimum atomic E-state index is 0.0392. The van der Waals surface area contributed by atoms with Crippen LogP contribution in [0.2, 0.25) is 5.02 Å². The van der Waals surface area contributed by atoms with Gasteiger partial charge in [0.25, 0.3) is 0 Å². The normalized spacial score (nSPS) is 18.6. The van der Waals surface area contributed by atoms with Gasteiger partial charge in [-0.2, -0.15) is 0 Å². The van der Waals surface area contributed by atoms with E-state index >= 15 is 0 Å². The summed E-state index contributed by atoms with van der Waals surface area (Å²) in [4.78, 5) is 14.0. The summed E-state index contributed by atoms with van der Waals surface area (Å²) in [6.07, 6.45) is 0.469. The number of carbonyl (C=O) groups excluding carboxylic acids is 1.